The van der Waals surface area contributed by atoms with Gasteiger partial charge in [-0.05, 0) is 19.1 Å². The standard InChI is InChI=1S/C9H11NO4S/c1-7-2-4-8(5-3-7)15(12,13)6-14-9(10)11/h2-5H,6H2,1H3,(H2,10,11). The number of carbonyl (C=O) groups is 1. The maximum Gasteiger partial charge on any atom is 0.405 e. The second-order valence-corrected chi connectivity index (χ2v) is 4.95. The number of amides is 1. The van der Waals surface area contributed by atoms with E-state index in [2.05, 4.69) is 10.5 Å². The zero-order valence-electron chi connectivity index (χ0n) is 8.14. The van der Waals surface area contributed by atoms with Crippen LogP contribution in [0.25, 0.3) is 0 Å². The van der Waals surface area contributed by atoms with E-state index >= 15 is 0 Å². The maximum absolute atomic E-state index is 11.5. The van der Waals surface area contributed by atoms with E-state index in [1.165, 1.54) is 12.1 Å². The van der Waals surface area contributed by atoms with E-state index in [1.54, 1.807) is 12.1 Å². The lowest BCUT2D eigenvalue weighted by Crippen LogP contribution is -2.19. The molecule has 0 aliphatic heterocycles. The highest BCUT2D eigenvalue weighted by Crippen LogP contribution is 2.12. The van der Waals surface area contributed by atoms with Crippen LogP contribution in [0.2, 0.25) is 0 Å². The summed E-state index contributed by atoms with van der Waals surface area (Å²) in [5.41, 5.74) is 5.63. The molecule has 5 nitrogen and oxygen atoms in total. The van der Waals surface area contributed by atoms with Crippen LogP contribution in [0, 0.1) is 6.92 Å². The zero-order valence-corrected chi connectivity index (χ0v) is 8.95. The number of rotatable bonds is 3. The highest BCUT2D eigenvalue weighted by Gasteiger charge is 2.15. The van der Waals surface area contributed by atoms with E-state index in [1.807, 2.05) is 6.92 Å². The van der Waals surface area contributed by atoms with Gasteiger partial charge in [-0.25, -0.2) is 13.2 Å². The molecular weight excluding hydrogens is 218 g/mol. The molecule has 6 heteroatoms. The van der Waals surface area contributed by atoms with Crippen LogP contribution in [0.4, 0.5) is 4.79 Å². The smallest absolute Gasteiger partial charge is 0.405 e. The fraction of sp³-hybridized carbons (Fsp3) is 0.222. The fourth-order valence-corrected chi connectivity index (χ4v) is 1.91. The van der Waals surface area contributed by atoms with Crippen LogP contribution in [0.15, 0.2) is 29.2 Å². The quantitative estimate of drug-likeness (QED) is 0.831. The fourth-order valence-electron chi connectivity index (χ4n) is 0.949. The van der Waals surface area contributed by atoms with E-state index in [9.17, 15) is 13.2 Å². The highest BCUT2D eigenvalue weighted by molar-refractivity contribution is 7.91. The molecule has 0 heterocycles. The van der Waals surface area contributed by atoms with Gasteiger partial charge < -0.3 is 10.5 Å². The minimum atomic E-state index is -3.60. The van der Waals surface area contributed by atoms with Crippen molar-refractivity contribution in [1.82, 2.24) is 0 Å². The van der Waals surface area contributed by atoms with Gasteiger partial charge in [-0.15, -0.1) is 0 Å². The first-order valence-electron chi connectivity index (χ1n) is 4.13. The molecule has 0 aromatic heterocycles. The molecule has 0 radical (unpaired) electrons. The summed E-state index contributed by atoms with van der Waals surface area (Å²) in [5.74, 6) is -0.731. The summed E-state index contributed by atoms with van der Waals surface area (Å²) < 4.78 is 27.3. The number of primary amides is 1. The van der Waals surface area contributed by atoms with Crippen LogP contribution in [0.3, 0.4) is 0 Å². The molecule has 0 aliphatic rings. The van der Waals surface area contributed by atoms with Gasteiger partial charge in [-0.2, -0.15) is 0 Å². The molecule has 0 saturated heterocycles. The van der Waals surface area contributed by atoms with Crippen molar-refractivity contribution in [3.8, 4) is 0 Å². The molecule has 0 bridgehead atoms. The van der Waals surface area contributed by atoms with Gasteiger partial charge in [0.05, 0.1) is 4.90 Å². The summed E-state index contributed by atoms with van der Waals surface area (Å²) in [4.78, 5) is 10.4. The van der Waals surface area contributed by atoms with Crippen molar-refractivity contribution in [2.24, 2.45) is 5.73 Å². The molecule has 0 unspecified atom stereocenters. The number of hydrogen-bond donors (Lipinski definition) is 1. The first kappa shape index (κ1) is 11.5. The Morgan fingerprint density at radius 3 is 2.33 bits per heavy atom. The van der Waals surface area contributed by atoms with E-state index in [4.69, 9.17) is 0 Å². The van der Waals surface area contributed by atoms with E-state index in [0.717, 1.165) is 5.56 Å². The van der Waals surface area contributed by atoms with Crippen molar-refractivity contribution in [1.29, 1.82) is 0 Å². The maximum atomic E-state index is 11.5. The number of hydrogen-bond acceptors (Lipinski definition) is 4. The molecule has 1 aromatic carbocycles. The van der Waals surface area contributed by atoms with E-state index in [0.29, 0.717) is 0 Å². The average molecular weight is 229 g/mol. The molecule has 1 aromatic rings. The Kier molecular flexibility index (Phi) is 3.31. The van der Waals surface area contributed by atoms with Crippen molar-refractivity contribution in [3.05, 3.63) is 29.8 Å². The molecule has 2 N–H and O–H groups in total. The van der Waals surface area contributed by atoms with Gasteiger partial charge in [0.1, 0.15) is 0 Å². The predicted molar refractivity (Wildman–Crippen MR) is 53.9 cm³/mol. The van der Waals surface area contributed by atoms with Crippen LogP contribution in [0.5, 0.6) is 0 Å². The number of sulfone groups is 1. The number of benzene rings is 1. The Bertz CT molecular complexity index is 450. The lowest BCUT2D eigenvalue weighted by molar-refractivity contribution is 0.174. The van der Waals surface area contributed by atoms with Gasteiger partial charge in [-0.3, -0.25) is 0 Å². The largest absolute Gasteiger partial charge is 0.433 e. The molecule has 1 amide bonds. The first-order valence-corrected chi connectivity index (χ1v) is 5.79. The molecule has 0 aliphatic carbocycles. The van der Waals surface area contributed by atoms with Crippen LogP contribution in [-0.2, 0) is 14.6 Å². The third kappa shape index (κ3) is 3.25. The average Bonchev–Trinajstić information content (AvgIpc) is 2.16. The van der Waals surface area contributed by atoms with Crippen molar-refractivity contribution in [2.45, 2.75) is 11.8 Å². The summed E-state index contributed by atoms with van der Waals surface area (Å²) in [6.45, 7) is 1.84. The lowest BCUT2D eigenvalue weighted by atomic mass is 10.2. The monoisotopic (exact) mass is 229 g/mol. The molecule has 0 fully saturated rings. The number of ether oxygens (including phenoxy) is 1. The predicted octanol–water partition coefficient (Wildman–Crippen LogP) is 0.822. The summed E-state index contributed by atoms with van der Waals surface area (Å²) >= 11 is 0. The van der Waals surface area contributed by atoms with E-state index < -0.39 is 21.9 Å². The summed E-state index contributed by atoms with van der Waals surface area (Å²) in [7, 11) is -3.60. The second-order valence-electron chi connectivity index (χ2n) is 3.01. The van der Waals surface area contributed by atoms with Crippen molar-refractivity contribution in [3.63, 3.8) is 0 Å². The minimum Gasteiger partial charge on any atom is -0.433 e. The Morgan fingerprint density at radius 1 is 1.33 bits per heavy atom. The van der Waals surface area contributed by atoms with Gasteiger partial charge in [0.15, 0.2) is 5.94 Å². The number of nitrogens with two attached hydrogens (primary N) is 1. The molecule has 0 saturated carbocycles. The zero-order chi connectivity index (χ0) is 11.5. The molecule has 15 heavy (non-hydrogen) atoms. The number of carbonyl (C=O) groups excluding carboxylic acids is 1. The van der Waals surface area contributed by atoms with Crippen LogP contribution < -0.4 is 5.73 Å². The van der Waals surface area contributed by atoms with Gasteiger partial charge >= 0.3 is 6.09 Å². The Balaban J connectivity index is 2.87. The molecule has 0 spiro atoms. The Morgan fingerprint density at radius 2 is 1.87 bits per heavy atom. The van der Waals surface area contributed by atoms with Gasteiger partial charge in [-0.1, -0.05) is 17.7 Å². The first-order chi connectivity index (χ1) is 6.92. The lowest BCUT2D eigenvalue weighted by Gasteiger charge is -2.04. The van der Waals surface area contributed by atoms with Gasteiger partial charge in [0.2, 0.25) is 9.84 Å². The Hall–Kier alpha value is -1.56. The molecular formula is C9H11NO4S. The van der Waals surface area contributed by atoms with Crippen LogP contribution in [-0.4, -0.2) is 20.4 Å². The van der Waals surface area contributed by atoms with Crippen molar-refractivity contribution >= 4 is 15.9 Å². The summed E-state index contributed by atoms with van der Waals surface area (Å²) in [6, 6.07) is 6.23. The minimum absolute atomic E-state index is 0.106. The summed E-state index contributed by atoms with van der Waals surface area (Å²) in [6.07, 6.45) is -1.11. The van der Waals surface area contributed by atoms with Crippen molar-refractivity contribution in [2.75, 3.05) is 5.94 Å². The van der Waals surface area contributed by atoms with Crippen molar-refractivity contribution < 1.29 is 17.9 Å². The van der Waals surface area contributed by atoms with Gasteiger partial charge in [0, 0.05) is 0 Å². The number of aryl methyl sites for hydroxylation is 1. The van der Waals surface area contributed by atoms with E-state index in [-0.39, 0.29) is 4.90 Å². The molecule has 1 rings (SSSR count). The molecule has 82 valence electrons. The third-order valence-corrected chi connectivity index (χ3v) is 3.15. The Labute approximate surface area is 87.8 Å². The van der Waals surface area contributed by atoms with Gasteiger partial charge in [0.25, 0.3) is 0 Å². The normalized spacial score (nSPS) is 11.0. The summed E-state index contributed by atoms with van der Waals surface area (Å²) in [5, 5.41) is 0. The molecule has 0 atom stereocenters. The third-order valence-electron chi connectivity index (χ3n) is 1.74. The highest BCUT2D eigenvalue weighted by atomic mass is 32.2. The second kappa shape index (κ2) is 4.31. The van der Waals surface area contributed by atoms with Crippen LogP contribution in [0.1, 0.15) is 5.56 Å². The SMILES string of the molecule is Cc1ccc(S(=O)(=O)COC(N)=O)cc1. The van der Waals surface area contributed by atoms with Crippen LogP contribution >= 0.6 is 0 Å². The topological polar surface area (TPSA) is 86.5 Å².